The minimum absolute atomic E-state index is 0.109. The van der Waals surface area contributed by atoms with Crippen molar-refractivity contribution in [3.05, 3.63) is 72.3 Å². The summed E-state index contributed by atoms with van der Waals surface area (Å²) in [6.07, 6.45) is 7.27. The molecule has 0 N–H and O–H groups in total. The highest BCUT2D eigenvalue weighted by Crippen LogP contribution is 2.20. The van der Waals surface area contributed by atoms with Crippen LogP contribution in [-0.4, -0.2) is 41.9 Å². The van der Waals surface area contributed by atoms with Gasteiger partial charge in [0.05, 0.1) is 0 Å². The quantitative estimate of drug-likeness (QED) is 0.634. The maximum absolute atomic E-state index is 12.1. The van der Waals surface area contributed by atoms with Crippen LogP contribution in [0.3, 0.4) is 0 Å². The molecule has 0 unspecified atom stereocenters. The molecule has 2 aromatic carbocycles. The molecule has 1 saturated heterocycles. The molecule has 0 atom stereocenters. The molecule has 0 bridgehead atoms. The van der Waals surface area contributed by atoms with Crippen molar-refractivity contribution in [2.24, 2.45) is 0 Å². The molecule has 3 nitrogen and oxygen atoms in total. The van der Waals surface area contributed by atoms with Crippen LogP contribution in [0.15, 0.2) is 66.8 Å². The van der Waals surface area contributed by atoms with Gasteiger partial charge < -0.3 is 4.90 Å². The fourth-order valence-electron chi connectivity index (χ4n) is 3.15. The molecule has 2 aromatic rings. The van der Waals surface area contributed by atoms with Gasteiger partial charge in [-0.1, -0.05) is 60.7 Å². The number of carbonyl (C=O) groups is 1. The van der Waals surface area contributed by atoms with E-state index in [1.54, 1.807) is 6.08 Å². The highest BCUT2D eigenvalue weighted by Gasteiger charge is 2.19. The molecule has 1 amide bonds. The maximum atomic E-state index is 12.1. The third kappa shape index (κ3) is 3.92. The number of carbonyl (C=O) groups excluding carboxylic acids is 1. The third-order valence-corrected chi connectivity index (χ3v) is 4.50. The predicted octanol–water partition coefficient (Wildman–Crippen LogP) is 3.62. The number of hydrogen-bond donors (Lipinski definition) is 0. The van der Waals surface area contributed by atoms with E-state index >= 15 is 0 Å². The summed E-state index contributed by atoms with van der Waals surface area (Å²) in [7, 11) is 0. The zero-order chi connectivity index (χ0) is 16.8. The van der Waals surface area contributed by atoms with E-state index in [9.17, 15) is 4.79 Å². The average Bonchev–Trinajstić information content (AvgIpc) is 2.63. The molecule has 0 radical (unpaired) electrons. The standard InChI is InChI=1S/C21H24N2O/c1-2-3-4-12-21(24)23-15-13-22(14-16-23)17-19-10-7-9-18-8-5-6-11-20(18)19/h2-12H,13-17H2,1H3/b3-2+,12-4+. The molecule has 1 fully saturated rings. The van der Waals surface area contributed by atoms with Crippen LogP contribution in [-0.2, 0) is 11.3 Å². The highest BCUT2D eigenvalue weighted by molar-refractivity contribution is 5.88. The summed E-state index contributed by atoms with van der Waals surface area (Å²) in [6.45, 7) is 6.32. The van der Waals surface area contributed by atoms with E-state index in [4.69, 9.17) is 0 Å². The smallest absolute Gasteiger partial charge is 0.246 e. The zero-order valence-corrected chi connectivity index (χ0v) is 14.2. The summed E-state index contributed by atoms with van der Waals surface area (Å²) in [4.78, 5) is 16.5. The first kappa shape index (κ1) is 16.5. The van der Waals surface area contributed by atoms with Crippen molar-refractivity contribution in [3.8, 4) is 0 Å². The minimum atomic E-state index is 0.109. The normalized spacial score (nSPS) is 16.5. The van der Waals surface area contributed by atoms with Gasteiger partial charge in [-0.15, -0.1) is 0 Å². The predicted molar refractivity (Wildman–Crippen MR) is 99.8 cm³/mol. The average molecular weight is 320 g/mol. The molecule has 0 saturated carbocycles. The van der Waals surface area contributed by atoms with Gasteiger partial charge in [0.2, 0.25) is 5.91 Å². The number of rotatable bonds is 4. The Morgan fingerprint density at radius 3 is 2.54 bits per heavy atom. The Bertz CT molecular complexity index is 750. The summed E-state index contributed by atoms with van der Waals surface area (Å²) in [5.74, 6) is 0.109. The number of piperazine rings is 1. The van der Waals surface area contributed by atoms with Crippen LogP contribution < -0.4 is 0 Å². The van der Waals surface area contributed by atoms with Gasteiger partial charge in [0, 0.05) is 38.8 Å². The lowest BCUT2D eigenvalue weighted by atomic mass is 10.0. The fourth-order valence-corrected chi connectivity index (χ4v) is 3.15. The van der Waals surface area contributed by atoms with Crippen LogP contribution in [0.25, 0.3) is 10.8 Å². The van der Waals surface area contributed by atoms with E-state index in [2.05, 4.69) is 47.4 Å². The minimum Gasteiger partial charge on any atom is -0.337 e. The summed E-state index contributed by atoms with van der Waals surface area (Å²) in [5.41, 5.74) is 1.36. The molecule has 124 valence electrons. The number of amides is 1. The van der Waals surface area contributed by atoms with Crippen LogP contribution in [0.5, 0.6) is 0 Å². The molecule has 3 heteroatoms. The van der Waals surface area contributed by atoms with Crippen LogP contribution >= 0.6 is 0 Å². The number of allylic oxidation sites excluding steroid dienone is 3. The van der Waals surface area contributed by atoms with Gasteiger partial charge in [0.15, 0.2) is 0 Å². The van der Waals surface area contributed by atoms with Crippen molar-refractivity contribution in [2.45, 2.75) is 13.5 Å². The monoisotopic (exact) mass is 320 g/mol. The lowest BCUT2D eigenvalue weighted by molar-refractivity contribution is -0.127. The van der Waals surface area contributed by atoms with E-state index in [1.165, 1.54) is 16.3 Å². The van der Waals surface area contributed by atoms with E-state index in [-0.39, 0.29) is 5.91 Å². The maximum Gasteiger partial charge on any atom is 0.246 e. The molecule has 0 aromatic heterocycles. The van der Waals surface area contributed by atoms with Crippen molar-refractivity contribution < 1.29 is 4.79 Å². The lowest BCUT2D eigenvalue weighted by Crippen LogP contribution is -2.47. The van der Waals surface area contributed by atoms with Crippen LogP contribution in [0, 0.1) is 0 Å². The molecular weight excluding hydrogens is 296 g/mol. The summed E-state index contributed by atoms with van der Waals surface area (Å²) >= 11 is 0. The van der Waals surface area contributed by atoms with Crippen LogP contribution in [0.4, 0.5) is 0 Å². The topological polar surface area (TPSA) is 23.6 Å². The molecule has 1 heterocycles. The van der Waals surface area contributed by atoms with Crippen molar-refractivity contribution in [1.82, 2.24) is 9.80 Å². The highest BCUT2D eigenvalue weighted by atomic mass is 16.2. The number of nitrogens with zero attached hydrogens (tertiary/aromatic N) is 2. The van der Waals surface area contributed by atoms with Crippen molar-refractivity contribution in [2.75, 3.05) is 26.2 Å². The van der Waals surface area contributed by atoms with E-state index in [1.807, 2.05) is 30.1 Å². The molecule has 24 heavy (non-hydrogen) atoms. The second kappa shape index (κ2) is 7.93. The molecular formula is C21H24N2O. The summed E-state index contributed by atoms with van der Waals surface area (Å²) < 4.78 is 0. The van der Waals surface area contributed by atoms with Gasteiger partial charge in [-0.2, -0.15) is 0 Å². The Morgan fingerprint density at radius 2 is 1.75 bits per heavy atom. The fraction of sp³-hybridized carbons (Fsp3) is 0.286. The first-order valence-electron chi connectivity index (χ1n) is 8.55. The SMILES string of the molecule is C/C=C/C=C/C(=O)N1CCN(Cc2cccc3ccccc23)CC1. The van der Waals surface area contributed by atoms with Gasteiger partial charge in [0.25, 0.3) is 0 Å². The number of benzene rings is 2. The van der Waals surface area contributed by atoms with Gasteiger partial charge in [0.1, 0.15) is 0 Å². The van der Waals surface area contributed by atoms with E-state index < -0.39 is 0 Å². The summed E-state index contributed by atoms with van der Waals surface area (Å²) in [6, 6.07) is 15.0. The second-order valence-electron chi connectivity index (χ2n) is 6.12. The molecule has 0 aliphatic carbocycles. The summed E-state index contributed by atoms with van der Waals surface area (Å²) in [5, 5.41) is 2.62. The molecule has 1 aliphatic heterocycles. The largest absolute Gasteiger partial charge is 0.337 e. The third-order valence-electron chi connectivity index (χ3n) is 4.50. The zero-order valence-electron chi connectivity index (χ0n) is 14.2. The second-order valence-corrected chi connectivity index (χ2v) is 6.12. The first-order valence-corrected chi connectivity index (χ1v) is 8.55. The van der Waals surface area contributed by atoms with Crippen molar-refractivity contribution >= 4 is 16.7 Å². The Morgan fingerprint density at radius 1 is 1.00 bits per heavy atom. The molecule has 1 aliphatic rings. The van der Waals surface area contributed by atoms with Crippen LogP contribution in [0.2, 0.25) is 0 Å². The Labute approximate surface area is 143 Å². The van der Waals surface area contributed by atoms with Crippen LogP contribution in [0.1, 0.15) is 12.5 Å². The molecule has 3 rings (SSSR count). The Balaban J connectivity index is 1.60. The van der Waals surface area contributed by atoms with Gasteiger partial charge in [-0.3, -0.25) is 9.69 Å². The van der Waals surface area contributed by atoms with Gasteiger partial charge >= 0.3 is 0 Å². The lowest BCUT2D eigenvalue weighted by Gasteiger charge is -2.34. The van der Waals surface area contributed by atoms with E-state index in [0.29, 0.717) is 0 Å². The van der Waals surface area contributed by atoms with E-state index in [0.717, 1.165) is 32.7 Å². The molecule has 0 spiro atoms. The van der Waals surface area contributed by atoms with Crippen molar-refractivity contribution in [3.63, 3.8) is 0 Å². The van der Waals surface area contributed by atoms with Gasteiger partial charge in [-0.05, 0) is 23.3 Å². The first-order chi connectivity index (χ1) is 11.8. The Hall–Kier alpha value is -2.39. The Kier molecular flexibility index (Phi) is 5.44. The number of hydrogen-bond acceptors (Lipinski definition) is 2. The number of fused-ring (bicyclic) bond motifs is 1. The van der Waals surface area contributed by atoms with Crippen molar-refractivity contribution in [1.29, 1.82) is 0 Å². The van der Waals surface area contributed by atoms with Gasteiger partial charge in [-0.25, -0.2) is 0 Å².